The zero-order valence-electron chi connectivity index (χ0n) is 16.5. The lowest BCUT2D eigenvalue weighted by molar-refractivity contribution is -0.385. The lowest BCUT2D eigenvalue weighted by Gasteiger charge is -2.49. The third-order valence-electron chi connectivity index (χ3n) is 4.64. The molecule has 0 radical (unpaired) electrons. The van der Waals surface area contributed by atoms with Gasteiger partial charge in [0.15, 0.2) is 4.34 Å². The zero-order valence-corrected chi connectivity index (χ0v) is 19.0. The topological polar surface area (TPSA) is 173 Å². The summed E-state index contributed by atoms with van der Waals surface area (Å²) < 4.78 is 1.83. The number of fused-ring (bicyclic) bond motifs is 1. The summed E-state index contributed by atoms with van der Waals surface area (Å²) in [5.41, 5.74) is -0.442. The van der Waals surface area contributed by atoms with Crippen molar-refractivity contribution in [3.63, 3.8) is 0 Å². The number of carbonyl (C=O) groups excluding carboxylic acids is 2. The fraction of sp³-hybridized carbons (Fsp3) is 0.375. The average Bonchev–Trinajstić information content (AvgIpc) is 3.34. The lowest BCUT2D eigenvalue weighted by atomic mass is 10.0. The van der Waals surface area contributed by atoms with Crippen LogP contribution in [0.3, 0.4) is 0 Å². The van der Waals surface area contributed by atoms with Gasteiger partial charge in [-0.05, 0) is 12.5 Å². The summed E-state index contributed by atoms with van der Waals surface area (Å²) in [5.74, 6) is -2.03. The van der Waals surface area contributed by atoms with Crippen LogP contribution < -0.4 is 5.32 Å². The minimum Gasteiger partial charge on any atom is -0.477 e. The number of hydrogen-bond acceptors (Lipinski definition) is 11. The number of aryl methyl sites for hydroxylation is 2. The van der Waals surface area contributed by atoms with E-state index in [4.69, 9.17) is 0 Å². The van der Waals surface area contributed by atoms with Gasteiger partial charge in [-0.2, -0.15) is 5.10 Å². The first-order valence-electron chi connectivity index (χ1n) is 8.99. The Morgan fingerprint density at radius 1 is 1.44 bits per heavy atom. The van der Waals surface area contributed by atoms with Crippen molar-refractivity contribution < 1.29 is 24.4 Å². The molecule has 1 fully saturated rings. The Hall–Kier alpha value is -2.98. The molecule has 168 valence electrons. The molecule has 0 aromatic carbocycles. The summed E-state index contributed by atoms with van der Waals surface area (Å²) >= 11 is 4.04. The molecule has 2 atom stereocenters. The Morgan fingerprint density at radius 3 is 2.81 bits per heavy atom. The molecular formula is C16H15N7O6S3. The highest BCUT2D eigenvalue weighted by Gasteiger charge is 2.54. The molecule has 32 heavy (non-hydrogen) atoms. The number of aromatic nitrogens is 4. The van der Waals surface area contributed by atoms with Crippen LogP contribution in [-0.4, -0.2) is 75.6 Å². The lowest BCUT2D eigenvalue weighted by Crippen LogP contribution is -2.70. The molecule has 1 saturated heterocycles. The summed E-state index contributed by atoms with van der Waals surface area (Å²) in [6.07, 6.45) is 1.09. The van der Waals surface area contributed by atoms with Crippen LogP contribution in [0, 0.1) is 17.0 Å². The van der Waals surface area contributed by atoms with Gasteiger partial charge in [0.25, 0.3) is 11.8 Å². The number of nitro groups is 1. The second kappa shape index (κ2) is 8.51. The highest BCUT2D eigenvalue weighted by atomic mass is 32.2. The SMILES string of the molecule is Cc1nnc(SCC2=C(C(=O)O)N3C(=O)[C@@H](NC(=O)c4nn(C)cc4[N+](=O)[O-])[C@@H]3SC2)s1. The van der Waals surface area contributed by atoms with Crippen molar-refractivity contribution in [1.82, 2.24) is 30.2 Å². The smallest absolute Gasteiger partial charge is 0.352 e. The Kier molecular flexibility index (Phi) is 5.91. The second-order valence-electron chi connectivity index (χ2n) is 6.79. The van der Waals surface area contributed by atoms with Crippen LogP contribution in [-0.2, 0) is 16.6 Å². The van der Waals surface area contributed by atoms with Crippen molar-refractivity contribution in [3.8, 4) is 0 Å². The number of nitrogens with zero attached hydrogens (tertiary/aromatic N) is 6. The number of amides is 2. The molecule has 13 nitrogen and oxygen atoms in total. The predicted octanol–water partition coefficient (Wildman–Crippen LogP) is 0.633. The fourth-order valence-electron chi connectivity index (χ4n) is 3.26. The fourth-order valence-corrected chi connectivity index (χ4v) is 6.56. The number of carbonyl (C=O) groups is 3. The van der Waals surface area contributed by atoms with E-state index in [1.807, 2.05) is 6.92 Å². The van der Waals surface area contributed by atoms with Crippen LogP contribution in [0.1, 0.15) is 15.5 Å². The number of aliphatic carboxylic acids is 1. The minimum atomic E-state index is -1.24. The Balaban J connectivity index is 1.50. The molecule has 2 aromatic heterocycles. The van der Waals surface area contributed by atoms with E-state index in [9.17, 15) is 29.6 Å². The van der Waals surface area contributed by atoms with Crippen molar-refractivity contribution in [2.75, 3.05) is 11.5 Å². The van der Waals surface area contributed by atoms with Gasteiger partial charge in [-0.25, -0.2) is 4.79 Å². The molecule has 16 heteroatoms. The molecule has 4 heterocycles. The number of rotatable bonds is 7. The number of carboxylic acids is 1. The molecule has 0 unspecified atom stereocenters. The first-order chi connectivity index (χ1) is 15.2. The molecule has 2 amide bonds. The van der Waals surface area contributed by atoms with Gasteiger partial charge < -0.3 is 10.4 Å². The molecule has 2 aliphatic rings. The molecule has 2 N–H and O–H groups in total. The number of β-lactam (4-membered cyclic amide) rings is 1. The maximum Gasteiger partial charge on any atom is 0.352 e. The maximum atomic E-state index is 12.7. The molecule has 2 aliphatic heterocycles. The number of carboxylic acid groups (broad SMARTS) is 1. The van der Waals surface area contributed by atoms with Crippen LogP contribution in [0.4, 0.5) is 5.69 Å². The number of thioether (sulfide) groups is 2. The minimum absolute atomic E-state index is 0.109. The van der Waals surface area contributed by atoms with Gasteiger partial charge in [0.2, 0.25) is 5.69 Å². The van der Waals surface area contributed by atoms with Crippen LogP contribution in [0.15, 0.2) is 21.8 Å². The van der Waals surface area contributed by atoms with E-state index in [1.165, 1.54) is 41.9 Å². The molecule has 0 bridgehead atoms. The second-order valence-corrected chi connectivity index (χ2v) is 10.3. The van der Waals surface area contributed by atoms with Gasteiger partial charge in [-0.15, -0.1) is 22.0 Å². The third kappa shape index (κ3) is 3.95. The van der Waals surface area contributed by atoms with E-state index in [0.717, 1.165) is 20.8 Å². The van der Waals surface area contributed by atoms with Gasteiger partial charge >= 0.3 is 11.7 Å². The van der Waals surface area contributed by atoms with Gasteiger partial charge in [0.05, 0.1) is 4.92 Å². The Morgan fingerprint density at radius 2 is 2.19 bits per heavy atom. The van der Waals surface area contributed by atoms with Crippen molar-refractivity contribution in [2.45, 2.75) is 22.7 Å². The van der Waals surface area contributed by atoms with E-state index >= 15 is 0 Å². The van der Waals surface area contributed by atoms with E-state index in [-0.39, 0.29) is 5.70 Å². The van der Waals surface area contributed by atoms with Crippen LogP contribution in [0.25, 0.3) is 0 Å². The summed E-state index contributed by atoms with van der Waals surface area (Å²) in [7, 11) is 1.43. The molecule has 0 aliphatic carbocycles. The average molecular weight is 498 g/mol. The van der Waals surface area contributed by atoms with Crippen molar-refractivity contribution in [1.29, 1.82) is 0 Å². The monoisotopic (exact) mass is 497 g/mol. The number of nitrogens with one attached hydrogen (secondary N) is 1. The van der Waals surface area contributed by atoms with E-state index in [2.05, 4.69) is 20.6 Å². The highest BCUT2D eigenvalue weighted by molar-refractivity contribution is 8.01. The Labute approximate surface area is 192 Å². The standard InChI is InChI=1S/C16H15N7O6S3/c1-6-18-19-16(32-6)31-5-7-4-30-14-10(13(25)22(14)11(7)15(26)27)17-12(24)9-8(23(28)29)3-21(2)20-9/h3,10,14H,4-5H2,1-2H3,(H,17,24)(H,26,27)/t10-,14+/m1/s1. The summed E-state index contributed by atoms with van der Waals surface area (Å²) in [6.45, 7) is 1.82. The quantitative estimate of drug-likeness (QED) is 0.238. The van der Waals surface area contributed by atoms with Gasteiger partial charge in [-0.3, -0.25) is 29.3 Å². The van der Waals surface area contributed by atoms with E-state index < -0.39 is 45.5 Å². The first kappa shape index (κ1) is 22.2. The molecule has 2 aromatic rings. The van der Waals surface area contributed by atoms with Gasteiger partial charge in [0.1, 0.15) is 28.3 Å². The van der Waals surface area contributed by atoms with Crippen molar-refractivity contribution in [3.05, 3.63) is 38.3 Å². The first-order valence-corrected chi connectivity index (χ1v) is 11.8. The third-order valence-corrected chi connectivity index (χ3v) is 8.03. The molecular weight excluding hydrogens is 482 g/mol. The molecule has 0 spiro atoms. The number of hydrogen-bond donors (Lipinski definition) is 2. The zero-order chi connectivity index (χ0) is 23.2. The predicted molar refractivity (Wildman–Crippen MR) is 114 cm³/mol. The molecule has 0 saturated carbocycles. The van der Waals surface area contributed by atoms with Crippen molar-refractivity contribution >= 4 is 58.3 Å². The van der Waals surface area contributed by atoms with Crippen LogP contribution in [0.2, 0.25) is 0 Å². The largest absolute Gasteiger partial charge is 0.477 e. The van der Waals surface area contributed by atoms with Gasteiger partial charge in [-0.1, -0.05) is 23.1 Å². The van der Waals surface area contributed by atoms with E-state index in [0.29, 0.717) is 21.4 Å². The van der Waals surface area contributed by atoms with E-state index in [1.54, 1.807) is 0 Å². The normalized spacial score (nSPS) is 20.1. The summed E-state index contributed by atoms with van der Waals surface area (Å²) in [5, 5.41) is 35.2. The summed E-state index contributed by atoms with van der Waals surface area (Å²) in [4.78, 5) is 48.7. The molecule has 4 rings (SSSR count). The highest BCUT2D eigenvalue weighted by Crippen LogP contribution is 2.42. The van der Waals surface area contributed by atoms with Crippen LogP contribution in [0.5, 0.6) is 0 Å². The van der Waals surface area contributed by atoms with Gasteiger partial charge in [0, 0.05) is 18.6 Å². The van der Waals surface area contributed by atoms with Crippen molar-refractivity contribution in [2.24, 2.45) is 7.05 Å². The van der Waals surface area contributed by atoms with Crippen LogP contribution >= 0.6 is 34.9 Å². The maximum absolute atomic E-state index is 12.7. The summed E-state index contributed by atoms with van der Waals surface area (Å²) in [6, 6.07) is -1.01. The Bertz CT molecular complexity index is 1170.